The number of hydrogen-bond acceptors (Lipinski definition) is 3. The number of rotatable bonds is 1. The topological polar surface area (TPSA) is 18.5 Å². The number of piperazine rings is 1. The molecule has 2 bridgehead atoms. The van der Waals surface area contributed by atoms with Crippen LogP contribution in [0.2, 0.25) is 0 Å². The van der Waals surface area contributed by atoms with E-state index in [-0.39, 0.29) is 0 Å². The van der Waals surface area contributed by atoms with E-state index in [0.29, 0.717) is 11.5 Å². The molecule has 2 unspecified atom stereocenters. The summed E-state index contributed by atoms with van der Waals surface area (Å²) in [6.45, 7) is 14.8. The molecule has 4 aliphatic heterocycles. The Morgan fingerprint density at radius 3 is 2.28 bits per heavy atom. The van der Waals surface area contributed by atoms with Crippen LogP contribution in [0, 0.1) is 11.3 Å². The molecule has 1 N–H and O–H groups in total. The molecule has 2 atom stereocenters. The molecule has 3 heteroatoms. The fourth-order valence-electron chi connectivity index (χ4n) is 4.00. The molecule has 0 aromatic heterocycles. The lowest BCUT2D eigenvalue weighted by Gasteiger charge is -2.52. The second kappa shape index (κ2) is 4.77. The van der Waals surface area contributed by atoms with Gasteiger partial charge in [0.1, 0.15) is 0 Å². The third-order valence-electron chi connectivity index (χ3n) is 5.34. The minimum atomic E-state index is 0.382. The van der Waals surface area contributed by atoms with E-state index >= 15 is 0 Å². The number of piperidine rings is 3. The van der Waals surface area contributed by atoms with Crippen LogP contribution in [0.25, 0.3) is 0 Å². The van der Waals surface area contributed by atoms with E-state index in [1.54, 1.807) is 0 Å². The first kappa shape index (κ1) is 12.9. The van der Waals surface area contributed by atoms with Gasteiger partial charge in [-0.05, 0) is 37.3 Å². The number of hydrogen-bond donors (Lipinski definition) is 1. The molecule has 4 rings (SSSR count). The third-order valence-corrected chi connectivity index (χ3v) is 5.34. The van der Waals surface area contributed by atoms with E-state index < -0.39 is 0 Å². The monoisotopic (exact) mass is 251 g/mol. The highest BCUT2D eigenvalue weighted by atomic mass is 15.3. The first-order valence-electron chi connectivity index (χ1n) is 7.74. The minimum absolute atomic E-state index is 0.382. The quantitative estimate of drug-likeness (QED) is 0.760. The number of fused-ring (bicyclic) bond motifs is 3. The second-order valence-electron chi connectivity index (χ2n) is 7.57. The van der Waals surface area contributed by atoms with E-state index in [1.165, 1.54) is 52.1 Å². The van der Waals surface area contributed by atoms with Gasteiger partial charge in [-0.1, -0.05) is 20.8 Å². The molecule has 0 aromatic rings. The molecule has 0 spiro atoms. The first-order chi connectivity index (χ1) is 8.54. The lowest BCUT2D eigenvalue weighted by molar-refractivity contribution is -0.0149. The summed E-state index contributed by atoms with van der Waals surface area (Å²) < 4.78 is 0. The van der Waals surface area contributed by atoms with Crippen LogP contribution < -0.4 is 5.32 Å². The van der Waals surface area contributed by atoms with E-state index in [2.05, 4.69) is 35.9 Å². The van der Waals surface area contributed by atoms with Crippen molar-refractivity contribution < 1.29 is 0 Å². The zero-order chi connectivity index (χ0) is 12.8. The van der Waals surface area contributed by atoms with Crippen LogP contribution in [-0.4, -0.2) is 61.2 Å². The summed E-state index contributed by atoms with van der Waals surface area (Å²) in [5.74, 6) is 0.980. The summed E-state index contributed by atoms with van der Waals surface area (Å²) in [5, 5.41) is 3.72. The SMILES string of the molecule is CC(C)(C)C1CN(C2CN3CCC2CC3)CCN1. The predicted molar refractivity (Wildman–Crippen MR) is 75.8 cm³/mol. The molecule has 0 radical (unpaired) electrons. The molecule has 0 saturated carbocycles. The van der Waals surface area contributed by atoms with Crippen LogP contribution >= 0.6 is 0 Å². The Kier molecular flexibility index (Phi) is 3.41. The van der Waals surface area contributed by atoms with Crippen molar-refractivity contribution in [2.45, 2.75) is 45.7 Å². The average Bonchev–Trinajstić information content (AvgIpc) is 2.39. The molecular formula is C15H29N3. The zero-order valence-electron chi connectivity index (χ0n) is 12.3. The van der Waals surface area contributed by atoms with E-state index in [9.17, 15) is 0 Å². The Labute approximate surface area is 112 Å². The molecular weight excluding hydrogens is 222 g/mol. The highest BCUT2D eigenvalue weighted by Crippen LogP contribution is 2.32. The van der Waals surface area contributed by atoms with Gasteiger partial charge >= 0.3 is 0 Å². The summed E-state index contributed by atoms with van der Waals surface area (Å²) >= 11 is 0. The van der Waals surface area contributed by atoms with Gasteiger partial charge < -0.3 is 10.2 Å². The molecule has 0 aromatic carbocycles. The van der Waals surface area contributed by atoms with Gasteiger partial charge in [-0.3, -0.25) is 4.90 Å². The Hall–Kier alpha value is -0.120. The summed E-state index contributed by atoms with van der Waals surface area (Å²) in [6.07, 6.45) is 2.88. The van der Waals surface area contributed by atoms with Crippen molar-refractivity contribution in [1.82, 2.24) is 15.1 Å². The second-order valence-corrected chi connectivity index (χ2v) is 7.57. The Bertz CT molecular complexity index is 289. The van der Waals surface area contributed by atoms with Crippen LogP contribution in [0.5, 0.6) is 0 Å². The molecule has 4 aliphatic rings. The fraction of sp³-hybridized carbons (Fsp3) is 1.00. The molecule has 4 saturated heterocycles. The highest BCUT2D eigenvalue weighted by Gasteiger charge is 2.40. The van der Waals surface area contributed by atoms with Gasteiger partial charge in [0.05, 0.1) is 0 Å². The maximum Gasteiger partial charge on any atom is 0.0253 e. The largest absolute Gasteiger partial charge is 0.311 e. The van der Waals surface area contributed by atoms with Crippen LogP contribution in [0.3, 0.4) is 0 Å². The normalized spacial score (nSPS) is 42.2. The standard InChI is InChI=1S/C15H29N3/c1-15(2,3)14-11-18(9-6-16-14)13-10-17-7-4-12(13)5-8-17/h12-14,16H,4-11H2,1-3H3. The van der Waals surface area contributed by atoms with Crippen molar-refractivity contribution in [1.29, 1.82) is 0 Å². The van der Waals surface area contributed by atoms with Crippen molar-refractivity contribution in [3.8, 4) is 0 Å². The predicted octanol–water partition coefficient (Wildman–Crippen LogP) is 1.40. The van der Waals surface area contributed by atoms with Gasteiger partial charge in [0.2, 0.25) is 0 Å². The van der Waals surface area contributed by atoms with Gasteiger partial charge in [0.15, 0.2) is 0 Å². The van der Waals surface area contributed by atoms with Crippen molar-refractivity contribution in [3.63, 3.8) is 0 Å². The van der Waals surface area contributed by atoms with Gasteiger partial charge in [-0.15, -0.1) is 0 Å². The maximum absolute atomic E-state index is 3.72. The van der Waals surface area contributed by atoms with Crippen molar-refractivity contribution in [2.75, 3.05) is 39.3 Å². The third kappa shape index (κ3) is 2.45. The van der Waals surface area contributed by atoms with Gasteiger partial charge in [0.25, 0.3) is 0 Å². The molecule has 3 nitrogen and oxygen atoms in total. The lowest BCUT2D eigenvalue weighted by Crippen LogP contribution is -2.64. The number of nitrogens with zero attached hydrogens (tertiary/aromatic N) is 2. The molecule has 0 aliphatic carbocycles. The van der Waals surface area contributed by atoms with E-state index in [4.69, 9.17) is 0 Å². The van der Waals surface area contributed by atoms with Crippen LogP contribution in [0.1, 0.15) is 33.6 Å². The van der Waals surface area contributed by atoms with E-state index in [0.717, 1.165) is 12.0 Å². The minimum Gasteiger partial charge on any atom is -0.311 e. The molecule has 4 heterocycles. The van der Waals surface area contributed by atoms with Crippen molar-refractivity contribution in [2.24, 2.45) is 11.3 Å². The Morgan fingerprint density at radius 2 is 1.72 bits per heavy atom. The van der Waals surface area contributed by atoms with Crippen LogP contribution in [0.15, 0.2) is 0 Å². The molecule has 18 heavy (non-hydrogen) atoms. The number of nitrogens with one attached hydrogen (secondary N) is 1. The molecule has 4 fully saturated rings. The molecule has 104 valence electrons. The zero-order valence-corrected chi connectivity index (χ0v) is 12.3. The van der Waals surface area contributed by atoms with Crippen LogP contribution in [0.4, 0.5) is 0 Å². The first-order valence-corrected chi connectivity index (χ1v) is 7.74. The van der Waals surface area contributed by atoms with Gasteiger partial charge in [-0.25, -0.2) is 0 Å². The molecule has 0 amide bonds. The van der Waals surface area contributed by atoms with Gasteiger partial charge in [-0.2, -0.15) is 0 Å². The summed E-state index contributed by atoms with van der Waals surface area (Å²) in [5.41, 5.74) is 0.382. The van der Waals surface area contributed by atoms with Crippen molar-refractivity contribution in [3.05, 3.63) is 0 Å². The fourth-order valence-corrected chi connectivity index (χ4v) is 4.00. The Morgan fingerprint density at radius 1 is 1.00 bits per heavy atom. The van der Waals surface area contributed by atoms with Crippen LogP contribution in [-0.2, 0) is 0 Å². The summed E-state index contributed by atoms with van der Waals surface area (Å²) in [7, 11) is 0. The van der Waals surface area contributed by atoms with E-state index in [1.807, 2.05) is 0 Å². The summed E-state index contributed by atoms with van der Waals surface area (Å²) in [4.78, 5) is 5.47. The smallest absolute Gasteiger partial charge is 0.0253 e. The lowest BCUT2D eigenvalue weighted by atomic mass is 9.81. The van der Waals surface area contributed by atoms with Crippen molar-refractivity contribution >= 4 is 0 Å². The Balaban J connectivity index is 1.65. The van der Waals surface area contributed by atoms with Gasteiger partial charge in [0, 0.05) is 38.3 Å². The average molecular weight is 251 g/mol. The highest BCUT2D eigenvalue weighted by molar-refractivity contribution is 4.96. The maximum atomic E-state index is 3.72. The summed E-state index contributed by atoms with van der Waals surface area (Å²) in [6, 6.07) is 1.50.